The number of rotatable bonds is 6. The molecule has 0 heterocycles. The van der Waals surface area contributed by atoms with E-state index in [-0.39, 0.29) is 11.8 Å². The lowest BCUT2D eigenvalue weighted by Crippen LogP contribution is -2.41. The van der Waals surface area contributed by atoms with Crippen LogP contribution in [0.3, 0.4) is 0 Å². The van der Waals surface area contributed by atoms with Gasteiger partial charge < -0.3 is 11.1 Å². The van der Waals surface area contributed by atoms with Gasteiger partial charge in [-0.05, 0) is 24.7 Å². The molecule has 0 aromatic carbocycles. The second kappa shape index (κ2) is 7.72. The lowest BCUT2D eigenvalue weighted by molar-refractivity contribution is -0.123. The van der Waals surface area contributed by atoms with E-state index in [2.05, 4.69) is 12.2 Å². The van der Waals surface area contributed by atoms with Gasteiger partial charge in [0, 0.05) is 6.54 Å². The van der Waals surface area contributed by atoms with E-state index >= 15 is 0 Å². The predicted molar refractivity (Wildman–Crippen MR) is 79.3 cm³/mol. The fraction of sp³-hybridized carbons (Fsp3) is 0.857. The van der Waals surface area contributed by atoms with E-state index in [9.17, 15) is 4.79 Å². The summed E-state index contributed by atoms with van der Waals surface area (Å²) >= 11 is 4.97. The number of carbonyl (C=O) groups excluding carboxylic acids is 1. The number of hydrogen-bond acceptors (Lipinski definition) is 2. The van der Waals surface area contributed by atoms with Crippen molar-refractivity contribution in [3.05, 3.63) is 0 Å². The van der Waals surface area contributed by atoms with Gasteiger partial charge in [-0.1, -0.05) is 51.7 Å². The van der Waals surface area contributed by atoms with Crippen LogP contribution in [0.2, 0.25) is 0 Å². The Labute approximate surface area is 116 Å². The maximum atomic E-state index is 12.0. The lowest BCUT2D eigenvalue weighted by atomic mass is 9.80. The van der Waals surface area contributed by atoms with Crippen LogP contribution >= 0.6 is 12.2 Å². The first-order valence-corrected chi connectivity index (χ1v) is 7.54. The molecule has 3 N–H and O–H groups in total. The Morgan fingerprint density at radius 2 is 2.11 bits per heavy atom. The van der Waals surface area contributed by atoms with E-state index < -0.39 is 0 Å². The van der Waals surface area contributed by atoms with Gasteiger partial charge >= 0.3 is 0 Å². The number of carbonyl (C=O) groups is 1. The standard InChI is InChI=1S/C14H26N2OS/c1-3-6-12(13(15)18)14(17)16-9-11-8-5-4-7-10(11)2/h10-12H,3-9H2,1-2H3,(H2,15,18)(H,16,17). The first kappa shape index (κ1) is 15.4. The van der Waals surface area contributed by atoms with E-state index in [0.717, 1.165) is 19.4 Å². The Hall–Kier alpha value is -0.640. The van der Waals surface area contributed by atoms with Gasteiger partial charge in [0.05, 0.1) is 10.9 Å². The molecule has 1 aliphatic carbocycles. The van der Waals surface area contributed by atoms with Crippen molar-refractivity contribution in [3.63, 3.8) is 0 Å². The van der Waals surface area contributed by atoms with Crippen LogP contribution in [0.15, 0.2) is 0 Å². The predicted octanol–water partition coefficient (Wildman–Crippen LogP) is 2.63. The average Bonchev–Trinajstić information content (AvgIpc) is 2.34. The number of hydrogen-bond donors (Lipinski definition) is 2. The summed E-state index contributed by atoms with van der Waals surface area (Å²) in [7, 11) is 0. The van der Waals surface area contributed by atoms with Crippen LogP contribution < -0.4 is 11.1 Å². The summed E-state index contributed by atoms with van der Waals surface area (Å²) in [5.41, 5.74) is 5.63. The van der Waals surface area contributed by atoms with Crippen LogP contribution in [0.4, 0.5) is 0 Å². The van der Waals surface area contributed by atoms with Gasteiger partial charge in [-0.2, -0.15) is 0 Å². The minimum atomic E-state index is -0.288. The summed E-state index contributed by atoms with van der Waals surface area (Å²) in [5.74, 6) is 1.07. The Bertz CT molecular complexity index is 294. The number of thiocarbonyl (C=S) groups is 1. The van der Waals surface area contributed by atoms with Crippen molar-refractivity contribution in [2.75, 3.05) is 6.54 Å². The molecule has 1 aliphatic rings. The third-order valence-electron chi connectivity index (χ3n) is 4.06. The molecule has 1 saturated carbocycles. The highest BCUT2D eigenvalue weighted by molar-refractivity contribution is 7.80. The van der Waals surface area contributed by atoms with Gasteiger partial charge in [0.25, 0.3) is 0 Å². The van der Waals surface area contributed by atoms with Crippen molar-refractivity contribution < 1.29 is 4.79 Å². The quantitative estimate of drug-likeness (QED) is 0.730. The maximum Gasteiger partial charge on any atom is 0.229 e. The molecule has 0 aromatic heterocycles. The highest BCUT2D eigenvalue weighted by Gasteiger charge is 2.24. The fourth-order valence-electron chi connectivity index (χ4n) is 2.74. The molecule has 3 nitrogen and oxygen atoms in total. The molecule has 18 heavy (non-hydrogen) atoms. The highest BCUT2D eigenvalue weighted by atomic mass is 32.1. The van der Waals surface area contributed by atoms with Crippen molar-refractivity contribution in [1.82, 2.24) is 5.32 Å². The Morgan fingerprint density at radius 1 is 1.44 bits per heavy atom. The van der Waals surface area contributed by atoms with E-state index in [1.165, 1.54) is 25.7 Å². The zero-order valence-electron chi connectivity index (χ0n) is 11.6. The van der Waals surface area contributed by atoms with Gasteiger partial charge in [-0.3, -0.25) is 4.79 Å². The van der Waals surface area contributed by atoms with Gasteiger partial charge in [0.15, 0.2) is 0 Å². The largest absolute Gasteiger partial charge is 0.393 e. The third-order valence-corrected chi connectivity index (χ3v) is 4.35. The monoisotopic (exact) mass is 270 g/mol. The van der Waals surface area contributed by atoms with Gasteiger partial charge in [0.1, 0.15) is 0 Å². The van der Waals surface area contributed by atoms with E-state index in [4.69, 9.17) is 18.0 Å². The van der Waals surface area contributed by atoms with Gasteiger partial charge in [-0.25, -0.2) is 0 Å². The summed E-state index contributed by atoms with van der Waals surface area (Å²) < 4.78 is 0. The zero-order chi connectivity index (χ0) is 13.5. The van der Waals surface area contributed by atoms with E-state index in [1.807, 2.05) is 6.92 Å². The average molecular weight is 270 g/mol. The molecular weight excluding hydrogens is 244 g/mol. The summed E-state index contributed by atoms with van der Waals surface area (Å²) in [6.07, 6.45) is 6.81. The first-order chi connectivity index (χ1) is 8.56. The van der Waals surface area contributed by atoms with Crippen molar-refractivity contribution in [2.45, 2.75) is 52.4 Å². The van der Waals surface area contributed by atoms with Crippen LogP contribution in [0.25, 0.3) is 0 Å². The lowest BCUT2D eigenvalue weighted by Gasteiger charge is -2.29. The Balaban J connectivity index is 2.40. The van der Waals surface area contributed by atoms with Crippen LogP contribution in [0.5, 0.6) is 0 Å². The van der Waals surface area contributed by atoms with Crippen LogP contribution in [0, 0.1) is 17.8 Å². The Morgan fingerprint density at radius 3 is 2.67 bits per heavy atom. The summed E-state index contributed by atoms with van der Waals surface area (Å²) in [5, 5.41) is 3.04. The van der Waals surface area contributed by atoms with Gasteiger partial charge in [-0.15, -0.1) is 0 Å². The zero-order valence-corrected chi connectivity index (χ0v) is 12.4. The molecule has 0 aromatic rings. The number of nitrogens with two attached hydrogens (primary N) is 1. The molecule has 1 rings (SSSR count). The van der Waals surface area contributed by atoms with E-state index in [1.54, 1.807) is 0 Å². The molecule has 104 valence electrons. The number of nitrogens with one attached hydrogen (secondary N) is 1. The molecule has 3 atom stereocenters. The number of amides is 1. The van der Waals surface area contributed by atoms with Crippen molar-refractivity contribution in [3.8, 4) is 0 Å². The molecule has 0 spiro atoms. The normalized spacial score (nSPS) is 25.4. The molecule has 1 amide bonds. The van der Waals surface area contributed by atoms with Crippen LogP contribution in [0.1, 0.15) is 52.4 Å². The third kappa shape index (κ3) is 4.56. The fourth-order valence-corrected chi connectivity index (χ4v) is 2.97. The second-order valence-electron chi connectivity index (χ2n) is 5.51. The summed E-state index contributed by atoms with van der Waals surface area (Å²) in [6, 6.07) is 0. The second-order valence-corrected chi connectivity index (χ2v) is 5.98. The molecule has 0 radical (unpaired) electrons. The summed E-state index contributed by atoms with van der Waals surface area (Å²) in [4.78, 5) is 12.4. The van der Waals surface area contributed by atoms with Crippen molar-refractivity contribution in [1.29, 1.82) is 0 Å². The molecule has 0 bridgehead atoms. The minimum Gasteiger partial charge on any atom is -0.393 e. The summed E-state index contributed by atoms with van der Waals surface area (Å²) in [6.45, 7) is 5.11. The van der Waals surface area contributed by atoms with E-state index in [0.29, 0.717) is 16.8 Å². The SMILES string of the molecule is CCCC(C(=O)NCC1CCCCC1C)C(N)=S. The molecule has 1 fully saturated rings. The topological polar surface area (TPSA) is 55.1 Å². The van der Waals surface area contributed by atoms with Crippen LogP contribution in [-0.4, -0.2) is 17.4 Å². The maximum absolute atomic E-state index is 12.0. The molecule has 0 aliphatic heterocycles. The van der Waals surface area contributed by atoms with Gasteiger partial charge in [0.2, 0.25) is 5.91 Å². The first-order valence-electron chi connectivity index (χ1n) is 7.13. The molecule has 4 heteroatoms. The molecule has 0 saturated heterocycles. The van der Waals surface area contributed by atoms with Crippen molar-refractivity contribution >= 4 is 23.1 Å². The Kier molecular flexibility index (Phi) is 6.61. The smallest absolute Gasteiger partial charge is 0.229 e. The molecular formula is C14H26N2OS. The van der Waals surface area contributed by atoms with Crippen LogP contribution in [-0.2, 0) is 4.79 Å². The minimum absolute atomic E-state index is 0.0159. The highest BCUT2D eigenvalue weighted by Crippen LogP contribution is 2.28. The molecule has 3 unspecified atom stereocenters. The van der Waals surface area contributed by atoms with Crippen molar-refractivity contribution in [2.24, 2.45) is 23.5 Å².